The van der Waals surface area contributed by atoms with Crippen molar-refractivity contribution in [2.45, 2.75) is 6.29 Å². The summed E-state index contributed by atoms with van der Waals surface area (Å²) in [6.45, 7) is 0. The molecule has 1 N–H and O–H groups in total. The summed E-state index contributed by atoms with van der Waals surface area (Å²) >= 11 is 0. The van der Waals surface area contributed by atoms with E-state index in [9.17, 15) is 5.11 Å². The molecule has 3 nitrogen and oxygen atoms in total. The molecule has 0 saturated carbocycles. The minimum absolute atomic E-state index is 0.421. The normalized spacial score (nSPS) is 13.0. The topological polar surface area (TPSA) is 49.4 Å². The van der Waals surface area contributed by atoms with E-state index >= 15 is 0 Å². The van der Waals surface area contributed by atoms with Crippen LogP contribution in [0.25, 0.3) is 0 Å². The van der Waals surface area contributed by atoms with Crippen LogP contribution in [0.2, 0.25) is 0 Å². The summed E-state index contributed by atoms with van der Waals surface area (Å²) in [5.41, 5.74) is 0.421. The van der Waals surface area contributed by atoms with Gasteiger partial charge in [0.15, 0.2) is 0 Å². The lowest BCUT2D eigenvalue weighted by molar-refractivity contribution is -0.354. The lowest BCUT2D eigenvalue weighted by Crippen LogP contribution is -1.96. The molecule has 0 fully saturated rings. The highest BCUT2D eigenvalue weighted by Gasteiger charge is 2.06. The van der Waals surface area contributed by atoms with E-state index in [0.717, 1.165) is 0 Å². The Morgan fingerprint density at radius 1 is 1.30 bits per heavy atom. The maximum atomic E-state index is 10.6. The van der Waals surface area contributed by atoms with Crippen molar-refractivity contribution in [2.75, 3.05) is 0 Å². The molecule has 3 heteroatoms. The zero-order chi connectivity index (χ0) is 7.40. The predicted octanol–water partition coefficient (Wildman–Crippen LogP) is 1.61. The molecule has 0 spiro atoms. The summed E-state index contributed by atoms with van der Waals surface area (Å²) in [6, 6.07) is 8.38. The SMILES string of the molecule is [O]C(OO)c1ccccc1. The first-order chi connectivity index (χ1) is 4.84. The van der Waals surface area contributed by atoms with E-state index in [-0.39, 0.29) is 0 Å². The van der Waals surface area contributed by atoms with Crippen LogP contribution in [0, 0.1) is 0 Å². The van der Waals surface area contributed by atoms with E-state index in [4.69, 9.17) is 5.26 Å². The van der Waals surface area contributed by atoms with E-state index in [1.54, 1.807) is 30.3 Å². The van der Waals surface area contributed by atoms with Gasteiger partial charge in [-0.05, 0) is 0 Å². The largest absolute Gasteiger partial charge is 0.249 e. The van der Waals surface area contributed by atoms with Crippen molar-refractivity contribution in [3.8, 4) is 0 Å². The van der Waals surface area contributed by atoms with Gasteiger partial charge in [0.05, 0.1) is 0 Å². The van der Waals surface area contributed by atoms with Crippen molar-refractivity contribution in [1.82, 2.24) is 0 Å². The summed E-state index contributed by atoms with van der Waals surface area (Å²) in [5, 5.41) is 18.6. The molecule has 10 heavy (non-hydrogen) atoms. The second-order valence-electron chi connectivity index (χ2n) is 1.85. The summed E-state index contributed by atoms with van der Waals surface area (Å²) in [7, 11) is 0. The van der Waals surface area contributed by atoms with Gasteiger partial charge in [-0.2, -0.15) is 9.99 Å². The molecule has 0 aromatic heterocycles. The molecule has 1 aromatic rings. The molecule has 1 radical (unpaired) electrons. The van der Waals surface area contributed by atoms with Crippen molar-refractivity contribution in [1.29, 1.82) is 0 Å². The Morgan fingerprint density at radius 3 is 2.40 bits per heavy atom. The van der Waals surface area contributed by atoms with Gasteiger partial charge >= 0.3 is 0 Å². The quantitative estimate of drug-likeness (QED) is 0.384. The Hall–Kier alpha value is -0.900. The first kappa shape index (κ1) is 7.21. The first-order valence-electron chi connectivity index (χ1n) is 2.85. The van der Waals surface area contributed by atoms with Gasteiger partial charge in [-0.3, -0.25) is 0 Å². The van der Waals surface area contributed by atoms with E-state index in [1.165, 1.54) is 0 Å². The summed E-state index contributed by atoms with van der Waals surface area (Å²) < 4.78 is 0. The van der Waals surface area contributed by atoms with Crippen LogP contribution in [0.3, 0.4) is 0 Å². The van der Waals surface area contributed by atoms with E-state index in [2.05, 4.69) is 4.89 Å². The summed E-state index contributed by atoms with van der Waals surface area (Å²) in [6.07, 6.45) is -1.48. The van der Waals surface area contributed by atoms with Gasteiger partial charge in [0.1, 0.15) is 0 Å². The zero-order valence-corrected chi connectivity index (χ0v) is 5.23. The van der Waals surface area contributed by atoms with Crippen LogP contribution in [0.5, 0.6) is 0 Å². The molecule has 1 atom stereocenters. The van der Waals surface area contributed by atoms with Crippen molar-refractivity contribution >= 4 is 0 Å². The van der Waals surface area contributed by atoms with Gasteiger partial charge in [0, 0.05) is 5.56 Å². The number of benzene rings is 1. The third-order valence-corrected chi connectivity index (χ3v) is 1.17. The second kappa shape index (κ2) is 3.31. The Labute approximate surface area is 58.4 Å². The average Bonchev–Trinajstić information content (AvgIpc) is 2.05. The Morgan fingerprint density at radius 2 is 1.90 bits per heavy atom. The Bertz CT molecular complexity index is 185. The zero-order valence-electron chi connectivity index (χ0n) is 5.23. The second-order valence-corrected chi connectivity index (χ2v) is 1.85. The highest BCUT2D eigenvalue weighted by molar-refractivity contribution is 5.15. The molecule has 0 aliphatic heterocycles. The lowest BCUT2D eigenvalue weighted by Gasteiger charge is -2.01. The standard InChI is InChI=1S/C7H7O3/c8-7(10-9)6-4-2-1-3-5-6/h1-5,7,9H. The Kier molecular flexibility index (Phi) is 2.39. The van der Waals surface area contributed by atoms with Crippen LogP contribution < -0.4 is 0 Å². The molecule has 1 rings (SSSR count). The monoisotopic (exact) mass is 139 g/mol. The molecule has 0 aliphatic carbocycles. The van der Waals surface area contributed by atoms with Crippen molar-refractivity contribution in [3.05, 3.63) is 35.9 Å². The summed E-state index contributed by atoms with van der Waals surface area (Å²) in [5.74, 6) is 0. The highest BCUT2D eigenvalue weighted by Crippen LogP contribution is 2.11. The Balaban J connectivity index is 2.75. The summed E-state index contributed by atoms with van der Waals surface area (Å²) in [4.78, 5) is 3.58. The van der Waals surface area contributed by atoms with Crippen LogP contribution in [0.4, 0.5) is 0 Å². The fourth-order valence-corrected chi connectivity index (χ4v) is 0.671. The molecule has 1 aromatic carbocycles. The molecule has 0 heterocycles. The maximum Gasteiger partial charge on any atom is 0.249 e. The molecule has 0 aliphatic rings. The number of rotatable bonds is 2. The van der Waals surface area contributed by atoms with Crippen molar-refractivity contribution < 1.29 is 15.3 Å². The smallest absolute Gasteiger partial charge is 0.249 e. The van der Waals surface area contributed by atoms with Gasteiger partial charge in [0.2, 0.25) is 6.29 Å². The molecule has 1 unspecified atom stereocenters. The predicted molar refractivity (Wildman–Crippen MR) is 33.6 cm³/mol. The van der Waals surface area contributed by atoms with Crippen LogP contribution in [-0.4, -0.2) is 5.26 Å². The van der Waals surface area contributed by atoms with E-state index in [1.807, 2.05) is 0 Å². The van der Waals surface area contributed by atoms with Gasteiger partial charge in [-0.1, -0.05) is 30.3 Å². The van der Waals surface area contributed by atoms with E-state index in [0.29, 0.717) is 5.56 Å². The number of hydrogen-bond donors (Lipinski definition) is 1. The van der Waals surface area contributed by atoms with Gasteiger partial charge in [-0.15, -0.1) is 0 Å². The molecule has 53 valence electrons. The number of hydrogen-bond acceptors (Lipinski definition) is 2. The van der Waals surface area contributed by atoms with Crippen LogP contribution >= 0.6 is 0 Å². The van der Waals surface area contributed by atoms with Gasteiger partial charge in [-0.25, -0.2) is 5.26 Å². The molecular formula is C7H7O3. The molecule has 0 bridgehead atoms. The van der Waals surface area contributed by atoms with Crippen LogP contribution in [-0.2, 0) is 9.99 Å². The van der Waals surface area contributed by atoms with Crippen LogP contribution in [0.1, 0.15) is 11.9 Å². The molecule has 0 saturated heterocycles. The average molecular weight is 139 g/mol. The third-order valence-electron chi connectivity index (χ3n) is 1.17. The van der Waals surface area contributed by atoms with Crippen molar-refractivity contribution in [2.24, 2.45) is 0 Å². The highest BCUT2D eigenvalue weighted by atomic mass is 17.1. The minimum Gasteiger partial charge on any atom is -0.249 e. The fraction of sp³-hybridized carbons (Fsp3) is 0.143. The van der Waals surface area contributed by atoms with Gasteiger partial charge < -0.3 is 0 Å². The fourth-order valence-electron chi connectivity index (χ4n) is 0.671. The van der Waals surface area contributed by atoms with E-state index < -0.39 is 6.29 Å². The maximum absolute atomic E-state index is 10.6. The van der Waals surface area contributed by atoms with Gasteiger partial charge in [0.25, 0.3) is 0 Å². The van der Waals surface area contributed by atoms with Crippen LogP contribution in [0.15, 0.2) is 30.3 Å². The molecule has 0 amide bonds. The third kappa shape index (κ3) is 1.54. The first-order valence-corrected chi connectivity index (χ1v) is 2.85. The molecular weight excluding hydrogens is 132 g/mol. The lowest BCUT2D eigenvalue weighted by atomic mass is 10.2. The minimum atomic E-state index is -1.48. The van der Waals surface area contributed by atoms with Crippen molar-refractivity contribution in [3.63, 3.8) is 0 Å².